The fourth-order valence-electron chi connectivity index (χ4n) is 1.52. The zero-order valence-electron chi connectivity index (χ0n) is 10.5. The van der Waals surface area contributed by atoms with Gasteiger partial charge >= 0.3 is 0 Å². The molecule has 1 aromatic heterocycles. The summed E-state index contributed by atoms with van der Waals surface area (Å²) in [6.07, 6.45) is 0. The summed E-state index contributed by atoms with van der Waals surface area (Å²) >= 11 is 6.54. The van der Waals surface area contributed by atoms with Crippen LogP contribution in [-0.2, 0) is 10.0 Å². The maximum absolute atomic E-state index is 13.3. The first kappa shape index (κ1) is 15.0. The van der Waals surface area contributed by atoms with Crippen molar-refractivity contribution in [3.05, 3.63) is 34.2 Å². The van der Waals surface area contributed by atoms with Crippen LogP contribution < -0.4 is 9.46 Å². The summed E-state index contributed by atoms with van der Waals surface area (Å²) in [5.74, 6) is -0.628. The third-order valence-electron chi connectivity index (χ3n) is 2.38. The van der Waals surface area contributed by atoms with E-state index < -0.39 is 15.8 Å². The van der Waals surface area contributed by atoms with Crippen molar-refractivity contribution in [2.75, 3.05) is 11.8 Å². The molecule has 0 spiro atoms. The van der Waals surface area contributed by atoms with E-state index >= 15 is 0 Å². The van der Waals surface area contributed by atoms with Crippen LogP contribution in [0.1, 0.15) is 5.69 Å². The monoisotopic (exact) mass is 336 g/mol. The number of methoxy groups -OCH3 is 1. The molecule has 0 aliphatic carbocycles. The van der Waals surface area contributed by atoms with Crippen molar-refractivity contribution in [1.29, 1.82) is 0 Å². The Labute approximate surface area is 124 Å². The van der Waals surface area contributed by atoms with E-state index in [1.54, 1.807) is 6.92 Å². The summed E-state index contributed by atoms with van der Waals surface area (Å²) in [4.78, 5) is 3.85. The van der Waals surface area contributed by atoms with Gasteiger partial charge < -0.3 is 4.74 Å². The highest BCUT2D eigenvalue weighted by Gasteiger charge is 2.22. The summed E-state index contributed by atoms with van der Waals surface area (Å²) in [5, 5.41) is 0. The second-order valence-electron chi connectivity index (χ2n) is 3.79. The second-order valence-corrected chi connectivity index (χ2v) is 7.25. The second kappa shape index (κ2) is 5.55. The van der Waals surface area contributed by atoms with Crippen LogP contribution in [0.15, 0.2) is 22.4 Å². The van der Waals surface area contributed by atoms with E-state index in [-0.39, 0.29) is 20.1 Å². The van der Waals surface area contributed by atoms with Crippen molar-refractivity contribution < 1.29 is 17.5 Å². The first-order chi connectivity index (χ1) is 9.33. The largest absolute Gasteiger partial charge is 0.494 e. The summed E-state index contributed by atoms with van der Waals surface area (Å²) in [6, 6.07) is 3.67. The number of thiazole rings is 1. The smallest absolute Gasteiger partial charge is 0.273 e. The van der Waals surface area contributed by atoms with Gasteiger partial charge in [0.2, 0.25) is 0 Å². The van der Waals surface area contributed by atoms with Crippen LogP contribution in [0, 0.1) is 12.7 Å². The van der Waals surface area contributed by atoms with Gasteiger partial charge in [-0.2, -0.15) is 0 Å². The van der Waals surface area contributed by atoms with E-state index in [1.807, 2.05) is 0 Å². The number of halogens is 2. The van der Waals surface area contributed by atoms with Gasteiger partial charge in [-0.25, -0.2) is 17.8 Å². The Morgan fingerprint density at radius 3 is 2.70 bits per heavy atom. The number of hydrogen-bond acceptors (Lipinski definition) is 5. The van der Waals surface area contributed by atoms with E-state index in [0.717, 1.165) is 17.4 Å². The van der Waals surface area contributed by atoms with E-state index in [4.69, 9.17) is 16.3 Å². The van der Waals surface area contributed by atoms with Crippen molar-refractivity contribution in [1.82, 2.24) is 4.98 Å². The van der Waals surface area contributed by atoms with Gasteiger partial charge in [0.25, 0.3) is 10.0 Å². The number of rotatable bonds is 4. The minimum atomic E-state index is -3.82. The average Bonchev–Trinajstić information content (AvgIpc) is 2.71. The van der Waals surface area contributed by atoms with Crippen molar-refractivity contribution in [2.45, 2.75) is 11.1 Å². The number of anilines is 1. The molecule has 20 heavy (non-hydrogen) atoms. The molecule has 108 valence electrons. The fraction of sp³-hybridized carbons (Fsp3) is 0.182. The van der Waals surface area contributed by atoms with E-state index in [0.29, 0.717) is 5.69 Å². The van der Waals surface area contributed by atoms with Crippen LogP contribution >= 0.6 is 22.9 Å². The molecule has 5 nitrogen and oxygen atoms in total. The molecule has 1 N–H and O–H groups in total. The normalized spacial score (nSPS) is 11.4. The zero-order chi connectivity index (χ0) is 14.9. The minimum absolute atomic E-state index is 0.0193. The van der Waals surface area contributed by atoms with Crippen molar-refractivity contribution in [3.8, 4) is 5.75 Å². The molecule has 0 saturated heterocycles. The van der Waals surface area contributed by atoms with Crippen LogP contribution in [0.25, 0.3) is 0 Å². The Bertz CT molecular complexity index is 746. The molecular formula is C11H10ClFN2O3S2. The molecule has 0 atom stereocenters. The third kappa shape index (κ3) is 3.02. The van der Waals surface area contributed by atoms with E-state index in [9.17, 15) is 12.8 Å². The molecule has 0 fully saturated rings. The van der Waals surface area contributed by atoms with Gasteiger partial charge in [0.05, 0.1) is 18.5 Å². The van der Waals surface area contributed by atoms with E-state index in [2.05, 4.69) is 9.71 Å². The SMILES string of the molecule is COc1cc(NS(=O)(=O)c2sc(Cl)nc2C)ccc1F. The molecule has 0 radical (unpaired) electrons. The zero-order valence-corrected chi connectivity index (χ0v) is 12.9. The number of aromatic nitrogens is 1. The lowest BCUT2D eigenvalue weighted by atomic mass is 10.3. The minimum Gasteiger partial charge on any atom is -0.494 e. The number of nitrogens with zero attached hydrogens (tertiary/aromatic N) is 1. The standard InChI is InChI=1S/C11H10ClFN2O3S2/c1-6-10(19-11(12)14-6)20(16,17)15-7-3-4-8(13)9(5-7)18-2/h3-5,15H,1-2H3. The maximum atomic E-state index is 13.3. The van der Waals surface area contributed by atoms with Gasteiger partial charge in [0.15, 0.2) is 20.2 Å². The highest BCUT2D eigenvalue weighted by Crippen LogP contribution is 2.29. The van der Waals surface area contributed by atoms with Crippen molar-refractivity contribution in [3.63, 3.8) is 0 Å². The molecule has 9 heteroatoms. The molecule has 0 bridgehead atoms. The van der Waals surface area contributed by atoms with E-state index in [1.165, 1.54) is 19.2 Å². The lowest BCUT2D eigenvalue weighted by Crippen LogP contribution is -2.12. The predicted octanol–water partition coefficient (Wildman–Crippen LogP) is 3.05. The van der Waals surface area contributed by atoms with Crippen LogP contribution in [0.3, 0.4) is 0 Å². The summed E-state index contributed by atoms with van der Waals surface area (Å²) in [5.41, 5.74) is 0.494. The predicted molar refractivity (Wildman–Crippen MR) is 75.6 cm³/mol. The van der Waals surface area contributed by atoms with Crippen LogP contribution in [0.5, 0.6) is 5.75 Å². The number of ether oxygens (including phenoxy) is 1. The average molecular weight is 337 g/mol. The third-order valence-corrected chi connectivity index (χ3v) is 5.63. The van der Waals surface area contributed by atoms with Gasteiger partial charge in [0, 0.05) is 6.07 Å². The Morgan fingerprint density at radius 2 is 2.15 bits per heavy atom. The molecule has 1 aromatic carbocycles. The van der Waals surface area contributed by atoms with Crippen molar-refractivity contribution >= 4 is 38.6 Å². The molecule has 0 aliphatic rings. The fourth-order valence-corrected chi connectivity index (χ4v) is 4.31. The van der Waals surface area contributed by atoms with Gasteiger partial charge in [-0.15, -0.1) is 0 Å². The number of sulfonamides is 1. The summed E-state index contributed by atoms with van der Waals surface area (Å²) in [7, 11) is -2.52. The molecule has 2 rings (SSSR count). The van der Waals surface area contributed by atoms with Crippen LogP contribution in [0.2, 0.25) is 4.47 Å². The quantitative estimate of drug-likeness (QED) is 0.931. The Morgan fingerprint density at radius 1 is 1.45 bits per heavy atom. The van der Waals surface area contributed by atoms with Crippen molar-refractivity contribution in [2.24, 2.45) is 0 Å². The van der Waals surface area contributed by atoms with Crippen LogP contribution in [0.4, 0.5) is 10.1 Å². The maximum Gasteiger partial charge on any atom is 0.273 e. The van der Waals surface area contributed by atoms with Crippen LogP contribution in [-0.4, -0.2) is 20.5 Å². The van der Waals surface area contributed by atoms with Gasteiger partial charge in [-0.1, -0.05) is 22.9 Å². The Kier molecular flexibility index (Phi) is 4.17. The first-order valence-corrected chi connectivity index (χ1v) is 8.00. The summed E-state index contributed by atoms with van der Waals surface area (Å²) in [6.45, 7) is 1.54. The lowest BCUT2D eigenvalue weighted by molar-refractivity contribution is 0.387. The van der Waals surface area contributed by atoms with Gasteiger partial charge in [-0.05, 0) is 19.1 Å². The Hall–Kier alpha value is -1.38. The first-order valence-electron chi connectivity index (χ1n) is 5.33. The number of nitrogens with one attached hydrogen (secondary N) is 1. The highest BCUT2D eigenvalue weighted by atomic mass is 35.5. The molecule has 0 aliphatic heterocycles. The topological polar surface area (TPSA) is 68.3 Å². The number of benzene rings is 1. The highest BCUT2D eigenvalue weighted by molar-refractivity contribution is 7.94. The molecule has 1 heterocycles. The molecule has 0 amide bonds. The lowest BCUT2D eigenvalue weighted by Gasteiger charge is -2.08. The molecular weight excluding hydrogens is 327 g/mol. The number of hydrogen-bond donors (Lipinski definition) is 1. The summed E-state index contributed by atoms with van der Waals surface area (Å²) < 4.78 is 44.9. The van der Waals surface area contributed by atoms with Gasteiger partial charge in [0.1, 0.15) is 0 Å². The molecule has 0 unspecified atom stereocenters. The van der Waals surface area contributed by atoms with Gasteiger partial charge in [-0.3, -0.25) is 4.72 Å². The Balaban J connectivity index is 2.36. The molecule has 2 aromatic rings. The number of aryl methyl sites for hydroxylation is 1. The molecule has 0 saturated carbocycles.